The van der Waals surface area contributed by atoms with Crippen molar-refractivity contribution in [1.82, 2.24) is 20.1 Å². The summed E-state index contributed by atoms with van der Waals surface area (Å²) in [6.45, 7) is 5.46. The predicted molar refractivity (Wildman–Crippen MR) is 107 cm³/mol. The molecule has 2 fully saturated rings. The number of aromatic nitrogens is 1. The standard InChI is InChI=1S/C22H26N4O2/c1-16-7-6-10-19(24-16)21(28)26-14-22(15-26)13-25(12-18(22)20(27)23-2)11-17-8-4-3-5-9-17/h3-10,18H,11-15H2,1-2H3,(H,23,27). The normalized spacial score (nSPS) is 20.8. The zero-order valence-corrected chi connectivity index (χ0v) is 16.4. The van der Waals surface area contributed by atoms with Crippen LogP contribution >= 0.6 is 0 Å². The zero-order valence-electron chi connectivity index (χ0n) is 16.4. The zero-order chi connectivity index (χ0) is 19.7. The molecule has 2 aliphatic rings. The Balaban J connectivity index is 1.48. The molecule has 1 aromatic heterocycles. The van der Waals surface area contributed by atoms with E-state index >= 15 is 0 Å². The summed E-state index contributed by atoms with van der Waals surface area (Å²) >= 11 is 0. The predicted octanol–water partition coefficient (Wildman–Crippen LogP) is 1.71. The van der Waals surface area contributed by atoms with Gasteiger partial charge in [0.25, 0.3) is 5.91 Å². The third-order valence-corrected chi connectivity index (χ3v) is 5.94. The first kappa shape index (κ1) is 18.6. The minimum atomic E-state index is -0.172. The van der Waals surface area contributed by atoms with Crippen LogP contribution in [0, 0.1) is 18.3 Å². The van der Waals surface area contributed by atoms with Crippen LogP contribution in [0.5, 0.6) is 0 Å². The van der Waals surface area contributed by atoms with E-state index in [-0.39, 0.29) is 23.1 Å². The molecule has 28 heavy (non-hydrogen) atoms. The van der Waals surface area contributed by atoms with Crippen LogP contribution in [0.2, 0.25) is 0 Å². The lowest BCUT2D eigenvalue weighted by atomic mass is 9.71. The fourth-order valence-electron chi connectivity index (χ4n) is 4.57. The van der Waals surface area contributed by atoms with Crippen molar-refractivity contribution in [3.8, 4) is 0 Å². The molecule has 6 nitrogen and oxygen atoms in total. The molecule has 4 rings (SSSR count). The van der Waals surface area contributed by atoms with Crippen LogP contribution in [-0.2, 0) is 11.3 Å². The SMILES string of the molecule is CNC(=O)C1CN(Cc2ccccc2)CC12CN(C(=O)c1cccc(C)n1)C2. The van der Waals surface area contributed by atoms with E-state index in [1.165, 1.54) is 5.56 Å². The van der Waals surface area contributed by atoms with Gasteiger partial charge in [0.1, 0.15) is 5.69 Å². The molecule has 1 spiro atoms. The smallest absolute Gasteiger partial charge is 0.272 e. The number of carbonyl (C=O) groups is 2. The molecule has 0 aliphatic carbocycles. The van der Waals surface area contributed by atoms with Gasteiger partial charge in [-0.2, -0.15) is 0 Å². The molecule has 0 radical (unpaired) electrons. The lowest BCUT2D eigenvalue weighted by molar-refractivity contribution is -0.130. The maximum atomic E-state index is 12.8. The average Bonchev–Trinajstić information content (AvgIpc) is 3.06. The van der Waals surface area contributed by atoms with E-state index in [0.717, 1.165) is 25.3 Å². The number of benzene rings is 1. The van der Waals surface area contributed by atoms with Crippen LogP contribution in [0.3, 0.4) is 0 Å². The van der Waals surface area contributed by atoms with Crippen LogP contribution in [0.1, 0.15) is 21.7 Å². The summed E-state index contributed by atoms with van der Waals surface area (Å²) in [4.78, 5) is 33.9. The van der Waals surface area contributed by atoms with Crippen LogP contribution in [0.4, 0.5) is 0 Å². The van der Waals surface area contributed by atoms with Gasteiger partial charge < -0.3 is 10.2 Å². The third kappa shape index (κ3) is 3.40. The number of nitrogens with zero attached hydrogens (tertiary/aromatic N) is 3. The van der Waals surface area contributed by atoms with Crippen molar-refractivity contribution >= 4 is 11.8 Å². The molecule has 2 aromatic rings. The van der Waals surface area contributed by atoms with Gasteiger partial charge in [-0.05, 0) is 24.6 Å². The number of pyridine rings is 1. The number of amides is 2. The number of aryl methyl sites for hydroxylation is 1. The molecule has 1 unspecified atom stereocenters. The number of likely N-dealkylation sites (tertiary alicyclic amines) is 2. The van der Waals surface area contributed by atoms with Gasteiger partial charge in [0.2, 0.25) is 5.91 Å². The van der Waals surface area contributed by atoms with Crippen molar-refractivity contribution in [2.45, 2.75) is 13.5 Å². The Labute approximate surface area is 165 Å². The molecule has 1 aromatic carbocycles. The first-order chi connectivity index (χ1) is 13.5. The minimum Gasteiger partial charge on any atom is -0.359 e. The summed E-state index contributed by atoms with van der Waals surface area (Å²) < 4.78 is 0. The van der Waals surface area contributed by atoms with Crippen molar-refractivity contribution in [2.24, 2.45) is 11.3 Å². The van der Waals surface area contributed by atoms with Crippen molar-refractivity contribution in [3.05, 3.63) is 65.5 Å². The largest absolute Gasteiger partial charge is 0.359 e. The Hall–Kier alpha value is -2.73. The highest BCUT2D eigenvalue weighted by atomic mass is 16.2. The summed E-state index contributed by atoms with van der Waals surface area (Å²) in [6.07, 6.45) is 0. The summed E-state index contributed by atoms with van der Waals surface area (Å²) in [7, 11) is 1.69. The number of rotatable bonds is 4. The lowest BCUT2D eigenvalue weighted by Gasteiger charge is -2.50. The lowest BCUT2D eigenvalue weighted by Crippen LogP contribution is -2.64. The summed E-state index contributed by atoms with van der Waals surface area (Å²) in [5, 5.41) is 2.82. The molecule has 3 heterocycles. The minimum absolute atomic E-state index is 0.0495. The fraction of sp³-hybridized carbons (Fsp3) is 0.409. The Morgan fingerprint density at radius 1 is 1.11 bits per heavy atom. The molecule has 6 heteroatoms. The Kier molecular flexibility index (Phi) is 4.89. The maximum absolute atomic E-state index is 12.8. The maximum Gasteiger partial charge on any atom is 0.272 e. The van der Waals surface area contributed by atoms with Crippen molar-refractivity contribution in [3.63, 3.8) is 0 Å². The van der Waals surface area contributed by atoms with Gasteiger partial charge in [-0.3, -0.25) is 14.5 Å². The van der Waals surface area contributed by atoms with Crippen LogP contribution in [-0.4, -0.2) is 59.8 Å². The van der Waals surface area contributed by atoms with Crippen molar-refractivity contribution in [2.75, 3.05) is 33.2 Å². The number of hydrogen-bond acceptors (Lipinski definition) is 4. The van der Waals surface area contributed by atoms with Crippen molar-refractivity contribution < 1.29 is 9.59 Å². The molecule has 0 saturated carbocycles. The van der Waals surface area contributed by atoms with E-state index in [2.05, 4.69) is 27.3 Å². The fourth-order valence-corrected chi connectivity index (χ4v) is 4.57. The van der Waals surface area contributed by atoms with Gasteiger partial charge in [-0.1, -0.05) is 36.4 Å². The number of hydrogen-bond donors (Lipinski definition) is 1. The molecule has 2 aliphatic heterocycles. The second kappa shape index (κ2) is 7.36. The van der Waals surface area contributed by atoms with Gasteiger partial charge in [0.15, 0.2) is 0 Å². The summed E-state index contributed by atoms with van der Waals surface area (Å²) in [5.41, 5.74) is 2.38. The second-order valence-corrected chi connectivity index (χ2v) is 8.01. The third-order valence-electron chi connectivity index (χ3n) is 5.94. The molecule has 146 valence electrons. The number of nitrogens with one attached hydrogen (secondary N) is 1. The summed E-state index contributed by atoms with van der Waals surface area (Å²) in [5.74, 6) is -0.0847. The highest BCUT2D eigenvalue weighted by Gasteiger charge is 2.57. The van der Waals surface area contributed by atoms with E-state index in [1.54, 1.807) is 13.1 Å². The molecule has 2 amide bonds. The molecule has 1 atom stereocenters. The van der Waals surface area contributed by atoms with Crippen LogP contribution in [0.15, 0.2) is 48.5 Å². The Bertz CT molecular complexity index is 877. The van der Waals surface area contributed by atoms with Crippen LogP contribution < -0.4 is 5.32 Å². The first-order valence-corrected chi connectivity index (χ1v) is 9.71. The molecule has 0 bridgehead atoms. The molecule has 1 N–H and O–H groups in total. The monoisotopic (exact) mass is 378 g/mol. The van der Waals surface area contributed by atoms with Crippen molar-refractivity contribution in [1.29, 1.82) is 0 Å². The van der Waals surface area contributed by atoms with E-state index in [4.69, 9.17) is 0 Å². The quantitative estimate of drug-likeness (QED) is 0.880. The van der Waals surface area contributed by atoms with E-state index < -0.39 is 0 Å². The van der Waals surface area contributed by atoms with Gasteiger partial charge in [-0.25, -0.2) is 4.98 Å². The van der Waals surface area contributed by atoms with Crippen LogP contribution in [0.25, 0.3) is 0 Å². The molecule has 2 saturated heterocycles. The Morgan fingerprint density at radius 3 is 2.54 bits per heavy atom. The van der Waals surface area contributed by atoms with Gasteiger partial charge >= 0.3 is 0 Å². The highest BCUT2D eigenvalue weighted by Crippen LogP contribution is 2.44. The van der Waals surface area contributed by atoms with E-state index in [1.807, 2.05) is 42.2 Å². The molecular weight excluding hydrogens is 352 g/mol. The molecular formula is C22H26N4O2. The van der Waals surface area contributed by atoms with Gasteiger partial charge in [0, 0.05) is 50.9 Å². The summed E-state index contributed by atoms with van der Waals surface area (Å²) in [6, 6.07) is 15.8. The second-order valence-electron chi connectivity index (χ2n) is 8.01. The number of carbonyl (C=O) groups excluding carboxylic acids is 2. The van der Waals surface area contributed by atoms with Gasteiger partial charge in [-0.15, -0.1) is 0 Å². The van der Waals surface area contributed by atoms with E-state index in [0.29, 0.717) is 18.8 Å². The average molecular weight is 378 g/mol. The van der Waals surface area contributed by atoms with Gasteiger partial charge in [0.05, 0.1) is 5.92 Å². The first-order valence-electron chi connectivity index (χ1n) is 9.71. The topological polar surface area (TPSA) is 65.5 Å². The van der Waals surface area contributed by atoms with E-state index in [9.17, 15) is 9.59 Å². The Morgan fingerprint density at radius 2 is 1.86 bits per heavy atom. The highest BCUT2D eigenvalue weighted by molar-refractivity contribution is 5.93.